The fourth-order valence-corrected chi connectivity index (χ4v) is 2.91. The molecule has 0 aliphatic heterocycles. The van der Waals surface area contributed by atoms with E-state index in [0.717, 1.165) is 10.2 Å². The lowest BCUT2D eigenvalue weighted by Crippen LogP contribution is -2.17. The van der Waals surface area contributed by atoms with Crippen LogP contribution in [0.15, 0.2) is 49.3 Å². The number of aromatic nitrogens is 6. The van der Waals surface area contributed by atoms with Gasteiger partial charge in [0, 0.05) is 42.1 Å². The van der Waals surface area contributed by atoms with Gasteiger partial charge in [0.15, 0.2) is 5.65 Å². The second-order valence-corrected chi connectivity index (χ2v) is 5.79. The number of alkyl halides is 3. The van der Waals surface area contributed by atoms with E-state index in [2.05, 4.69) is 20.1 Å². The maximum absolute atomic E-state index is 12.6. The Kier molecular flexibility index (Phi) is 3.71. The van der Waals surface area contributed by atoms with E-state index in [1.54, 1.807) is 31.7 Å². The van der Waals surface area contributed by atoms with Crippen molar-refractivity contribution >= 4 is 5.65 Å². The minimum atomic E-state index is -4.32. The largest absolute Gasteiger partial charge is 0.408 e. The van der Waals surface area contributed by atoms with Gasteiger partial charge < -0.3 is 0 Å². The summed E-state index contributed by atoms with van der Waals surface area (Å²) in [6.45, 7) is 0.673. The van der Waals surface area contributed by atoms with Gasteiger partial charge >= 0.3 is 6.18 Å². The van der Waals surface area contributed by atoms with E-state index in [9.17, 15) is 13.2 Å². The normalized spacial score (nSPS) is 12.0. The third kappa shape index (κ3) is 2.92. The summed E-state index contributed by atoms with van der Waals surface area (Å²) in [4.78, 5) is 13.0. The topological polar surface area (TPSA) is 60.9 Å². The van der Waals surface area contributed by atoms with Gasteiger partial charge in [0.05, 0.1) is 17.6 Å². The van der Waals surface area contributed by atoms with Crippen molar-refractivity contribution in [1.82, 2.24) is 29.1 Å². The number of rotatable bonds is 3. The van der Waals surface area contributed by atoms with Gasteiger partial charge in [-0.1, -0.05) is 0 Å². The molecule has 0 amide bonds. The molecule has 4 aromatic rings. The van der Waals surface area contributed by atoms with Gasteiger partial charge in [-0.05, 0) is 19.1 Å². The standard InChI is InChI=1S/C17H13F3N6/c1-11-15(13-8-23-25(9-13)10-17(18,19)20)26-7-6-22-14(16(26)24-11)12-2-4-21-5-3-12/h2-9H,10H2,1H3. The number of fused-ring (bicyclic) bond motifs is 1. The first-order valence-electron chi connectivity index (χ1n) is 7.76. The highest BCUT2D eigenvalue weighted by atomic mass is 19.4. The molecular weight excluding hydrogens is 345 g/mol. The van der Waals surface area contributed by atoms with Crippen LogP contribution in [0.5, 0.6) is 0 Å². The molecule has 6 nitrogen and oxygen atoms in total. The average Bonchev–Trinajstić information content (AvgIpc) is 3.16. The molecule has 0 bridgehead atoms. The van der Waals surface area contributed by atoms with Crippen molar-refractivity contribution in [3.05, 3.63) is 55.0 Å². The molecule has 0 N–H and O–H groups in total. The summed E-state index contributed by atoms with van der Waals surface area (Å²) >= 11 is 0. The number of aryl methyl sites for hydroxylation is 1. The van der Waals surface area contributed by atoms with E-state index in [0.29, 0.717) is 28.3 Å². The van der Waals surface area contributed by atoms with Crippen molar-refractivity contribution < 1.29 is 13.2 Å². The van der Waals surface area contributed by atoms with Crippen molar-refractivity contribution in [2.45, 2.75) is 19.6 Å². The average molecular weight is 358 g/mol. The van der Waals surface area contributed by atoms with Crippen LogP contribution in [0.1, 0.15) is 5.69 Å². The molecule has 0 saturated heterocycles. The molecule has 0 aliphatic carbocycles. The van der Waals surface area contributed by atoms with Gasteiger partial charge in [-0.25, -0.2) is 4.98 Å². The maximum Gasteiger partial charge on any atom is 0.408 e. The van der Waals surface area contributed by atoms with Crippen LogP contribution >= 0.6 is 0 Å². The molecule has 0 aliphatic rings. The van der Waals surface area contributed by atoms with E-state index in [1.807, 2.05) is 16.5 Å². The molecule has 0 atom stereocenters. The van der Waals surface area contributed by atoms with E-state index >= 15 is 0 Å². The highest BCUT2D eigenvalue weighted by Gasteiger charge is 2.28. The van der Waals surface area contributed by atoms with Gasteiger partial charge in [0.1, 0.15) is 12.2 Å². The van der Waals surface area contributed by atoms with Gasteiger partial charge in [0.2, 0.25) is 0 Å². The summed E-state index contributed by atoms with van der Waals surface area (Å²) in [6, 6.07) is 3.65. The van der Waals surface area contributed by atoms with E-state index in [-0.39, 0.29) is 0 Å². The molecule has 0 unspecified atom stereocenters. The van der Waals surface area contributed by atoms with Crippen molar-refractivity contribution in [1.29, 1.82) is 0 Å². The molecule has 0 saturated carbocycles. The Morgan fingerprint density at radius 1 is 1.08 bits per heavy atom. The minimum Gasteiger partial charge on any atom is -0.296 e. The molecule has 0 spiro atoms. The molecule has 0 radical (unpaired) electrons. The quantitative estimate of drug-likeness (QED) is 0.562. The van der Waals surface area contributed by atoms with Crippen molar-refractivity contribution in [3.8, 4) is 22.5 Å². The number of nitrogens with zero attached hydrogens (tertiary/aromatic N) is 6. The Morgan fingerprint density at radius 2 is 1.85 bits per heavy atom. The van der Waals surface area contributed by atoms with Crippen LogP contribution in [0.2, 0.25) is 0 Å². The highest BCUT2D eigenvalue weighted by Crippen LogP contribution is 2.29. The van der Waals surface area contributed by atoms with Crippen LogP contribution in [0.25, 0.3) is 28.2 Å². The minimum absolute atomic E-state index is 0.561. The van der Waals surface area contributed by atoms with E-state index < -0.39 is 12.7 Å². The van der Waals surface area contributed by atoms with Crippen molar-refractivity contribution in [2.24, 2.45) is 0 Å². The molecular formula is C17H13F3N6. The highest BCUT2D eigenvalue weighted by molar-refractivity contribution is 5.77. The second-order valence-electron chi connectivity index (χ2n) is 5.79. The Balaban J connectivity index is 1.84. The molecule has 0 aromatic carbocycles. The lowest BCUT2D eigenvalue weighted by atomic mass is 10.2. The molecule has 4 heterocycles. The molecule has 26 heavy (non-hydrogen) atoms. The van der Waals surface area contributed by atoms with Crippen LogP contribution in [0.3, 0.4) is 0 Å². The zero-order valence-electron chi connectivity index (χ0n) is 13.6. The Bertz CT molecular complexity index is 1070. The van der Waals surface area contributed by atoms with Crippen molar-refractivity contribution in [3.63, 3.8) is 0 Å². The van der Waals surface area contributed by atoms with Crippen LogP contribution in [0.4, 0.5) is 13.2 Å². The SMILES string of the molecule is Cc1nc2c(-c3ccncc3)nccn2c1-c1cnn(CC(F)(F)F)c1. The molecule has 4 aromatic heterocycles. The first-order valence-corrected chi connectivity index (χ1v) is 7.76. The lowest BCUT2D eigenvalue weighted by molar-refractivity contribution is -0.142. The Morgan fingerprint density at radius 3 is 2.58 bits per heavy atom. The number of halogens is 3. The first kappa shape index (κ1) is 16.2. The van der Waals surface area contributed by atoms with Crippen LogP contribution in [-0.2, 0) is 6.54 Å². The van der Waals surface area contributed by atoms with Crippen LogP contribution < -0.4 is 0 Å². The van der Waals surface area contributed by atoms with E-state index in [4.69, 9.17) is 0 Å². The summed E-state index contributed by atoms with van der Waals surface area (Å²) in [7, 11) is 0. The number of imidazole rings is 1. The second kappa shape index (κ2) is 5.94. The molecule has 4 rings (SSSR count). The summed E-state index contributed by atoms with van der Waals surface area (Å²) < 4.78 is 40.4. The summed E-state index contributed by atoms with van der Waals surface area (Å²) in [5.41, 5.74) is 4.08. The van der Waals surface area contributed by atoms with Crippen molar-refractivity contribution in [2.75, 3.05) is 0 Å². The maximum atomic E-state index is 12.6. The van der Waals surface area contributed by atoms with Crippen LogP contribution in [0, 0.1) is 6.92 Å². The van der Waals surface area contributed by atoms with E-state index in [1.165, 1.54) is 12.4 Å². The number of hydrogen-bond donors (Lipinski definition) is 0. The summed E-state index contributed by atoms with van der Waals surface area (Å²) in [5.74, 6) is 0. The number of hydrogen-bond acceptors (Lipinski definition) is 4. The van der Waals surface area contributed by atoms with Gasteiger partial charge in [-0.2, -0.15) is 18.3 Å². The molecule has 9 heteroatoms. The van der Waals surface area contributed by atoms with Crippen LogP contribution in [-0.4, -0.2) is 35.3 Å². The number of pyridine rings is 1. The lowest BCUT2D eigenvalue weighted by Gasteiger charge is -2.05. The zero-order valence-corrected chi connectivity index (χ0v) is 13.6. The third-order valence-corrected chi connectivity index (χ3v) is 3.92. The van der Waals surface area contributed by atoms with Gasteiger partial charge in [0.25, 0.3) is 0 Å². The summed E-state index contributed by atoms with van der Waals surface area (Å²) in [6.07, 6.45) is 5.15. The molecule has 132 valence electrons. The fraction of sp³-hybridized carbons (Fsp3) is 0.176. The summed E-state index contributed by atoms with van der Waals surface area (Å²) in [5, 5.41) is 3.82. The third-order valence-electron chi connectivity index (χ3n) is 3.92. The smallest absolute Gasteiger partial charge is 0.296 e. The predicted octanol–water partition coefficient (Wildman–Crippen LogP) is 3.53. The fourth-order valence-electron chi connectivity index (χ4n) is 2.91. The van der Waals surface area contributed by atoms with Gasteiger partial charge in [-0.15, -0.1) is 0 Å². The Labute approximate surface area is 146 Å². The predicted molar refractivity (Wildman–Crippen MR) is 88.2 cm³/mol. The zero-order chi connectivity index (χ0) is 18.3. The monoisotopic (exact) mass is 358 g/mol. The molecule has 0 fully saturated rings. The first-order chi connectivity index (χ1) is 12.4. The van der Waals surface area contributed by atoms with Gasteiger partial charge in [-0.3, -0.25) is 19.1 Å². The Hall–Kier alpha value is -3.23.